The zero-order valence-electron chi connectivity index (χ0n) is 18.7. The molecule has 3 N–H and O–H groups in total. The third kappa shape index (κ3) is 6.24. The number of aliphatic hydroxyl groups is 1. The van der Waals surface area contributed by atoms with E-state index in [1.807, 2.05) is 13.0 Å². The largest absolute Gasteiger partial charge is 0.481 e. The van der Waals surface area contributed by atoms with E-state index in [2.05, 4.69) is 25.6 Å². The number of aromatic nitrogens is 4. The predicted octanol–water partition coefficient (Wildman–Crippen LogP) is 0.809. The first kappa shape index (κ1) is 24.1. The van der Waals surface area contributed by atoms with Crippen LogP contribution in [0, 0.1) is 0 Å². The van der Waals surface area contributed by atoms with Crippen molar-refractivity contribution in [3.8, 4) is 17.1 Å². The number of carbonyl (C=O) groups is 1. The van der Waals surface area contributed by atoms with Crippen molar-refractivity contribution in [3.63, 3.8) is 0 Å². The second kappa shape index (κ2) is 11.9. The van der Waals surface area contributed by atoms with Gasteiger partial charge in [0, 0.05) is 37.5 Å². The van der Waals surface area contributed by atoms with Crippen LogP contribution in [-0.4, -0.2) is 70.6 Å². The lowest BCUT2D eigenvalue weighted by Gasteiger charge is -2.14. The molecule has 3 aromatic rings. The van der Waals surface area contributed by atoms with E-state index in [9.17, 15) is 9.59 Å². The summed E-state index contributed by atoms with van der Waals surface area (Å²) in [4.78, 5) is 38.1. The predicted molar refractivity (Wildman–Crippen MR) is 123 cm³/mol. The second-order valence-electron chi connectivity index (χ2n) is 7.10. The van der Waals surface area contributed by atoms with Crippen molar-refractivity contribution >= 4 is 22.8 Å². The average Bonchev–Trinajstić information content (AvgIpc) is 2.85. The number of nitrogens with one attached hydrogen (secondary N) is 2. The molecule has 3 heterocycles. The fourth-order valence-electron chi connectivity index (χ4n) is 3.12. The van der Waals surface area contributed by atoms with Crippen LogP contribution in [0.25, 0.3) is 22.3 Å². The molecule has 11 heteroatoms. The van der Waals surface area contributed by atoms with Crippen molar-refractivity contribution in [2.45, 2.75) is 19.9 Å². The monoisotopic (exact) mass is 456 g/mol. The summed E-state index contributed by atoms with van der Waals surface area (Å²) in [6, 6.07) is 5.35. The molecule has 0 atom stereocenters. The number of nitrogens with zero attached hydrogens (tertiary/aromatic N) is 4. The number of carbonyl (C=O) groups excluding carboxylic acids is 1. The van der Waals surface area contributed by atoms with E-state index in [0.717, 1.165) is 12.0 Å². The lowest BCUT2D eigenvalue weighted by atomic mass is 10.2. The van der Waals surface area contributed by atoms with E-state index in [0.29, 0.717) is 42.4 Å². The van der Waals surface area contributed by atoms with E-state index in [4.69, 9.17) is 14.6 Å². The van der Waals surface area contributed by atoms with Crippen LogP contribution in [0.15, 0.2) is 35.4 Å². The Morgan fingerprint density at radius 3 is 2.76 bits per heavy atom. The summed E-state index contributed by atoms with van der Waals surface area (Å²) in [5.74, 6) is 0.173. The van der Waals surface area contributed by atoms with Crippen molar-refractivity contribution in [1.29, 1.82) is 0 Å². The van der Waals surface area contributed by atoms with Crippen LogP contribution in [0.4, 0.5) is 5.82 Å². The smallest absolute Gasteiger partial charge is 0.293 e. The molecule has 0 aliphatic rings. The Balaban J connectivity index is 1.96. The van der Waals surface area contributed by atoms with Gasteiger partial charge < -0.3 is 29.8 Å². The van der Waals surface area contributed by atoms with Crippen LogP contribution < -0.4 is 20.9 Å². The van der Waals surface area contributed by atoms with E-state index < -0.39 is 0 Å². The Morgan fingerprint density at radius 1 is 1.21 bits per heavy atom. The van der Waals surface area contributed by atoms with Crippen LogP contribution in [0.3, 0.4) is 0 Å². The summed E-state index contributed by atoms with van der Waals surface area (Å²) in [6.45, 7) is 3.10. The maximum atomic E-state index is 13.2. The van der Waals surface area contributed by atoms with Gasteiger partial charge in [-0.25, -0.2) is 9.97 Å². The van der Waals surface area contributed by atoms with Gasteiger partial charge >= 0.3 is 0 Å². The van der Waals surface area contributed by atoms with Crippen molar-refractivity contribution in [2.24, 2.45) is 0 Å². The summed E-state index contributed by atoms with van der Waals surface area (Å²) < 4.78 is 12.2. The van der Waals surface area contributed by atoms with Gasteiger partial charge in [-0.3, -0.25) is 14.6 Å². The van der Waals surface area contributed by atoms with Gasteiger partial charge in [0.1, 0.15) is 5.52 Å². The molecule has 0 spiro atoms. The Hall–Kier alpha value is -3.57. The highest BCUT2D eigenvalue weighted by atomic mass is 16.5. The number of fused-ring (bicyclic) bond motifs is 1. The molecule has 0 fully saturated rings. The first-order chi connectivity index (χ1) is 16.1. The second-order valence-corrected chi connectivity index (χ2v) is 7.10. The van der Waals surface area contributed by atoms with Crippen molar-refractivity contribution in [2.75, 3.05) is 45.3 Å². The van der Waals surface area contributed by atoms with Crippen molar-refractivity contribution < 1.29 is 19.4 Å². The van der Waals surface area contributed by atoms with Gasteiger partial charge in [0.15, 0.2) is 5.82 Å². The number of aliphatic hydroxyl groups excluding tert-OH is 1. The van der Waals surface area contributed by atoms with Gasteiger partial charge in [-0.2, -0.15) is 0 Å². The summed E-state index contributed by atoms with van der Waals surface area (Å²) in [5.41, 5.74) is 2.11. The maximum Gasteiger partial charge on any atom is 0.293 e. The van der Waals surface area contributed by atoms with Crippen LogP contribution in [0.1, 0.15) is 13.3 Å². The number of rotatable bonds is 12. The molecule has 0 aromatic carbocycles. The first-order valence-electron chi connectivity index (χ1n) is 10.7. The molecule has 33 heavy (non-hydrogen) atoms. The molecule has 1 amide bonds. The lowest BCUT2D eigenvalue weighted by molar-refractivity contribution is -0.119. The Morgan fingerprint density at radius 2 is 2.06 bits per heavy atom. The van der Waals surface area contributed by atoms with E-state index in [1.165, 1.54) is 0 Å². The van der Waals surface area contributed by atoms with Crippen LogP contribution in [0.5, 0.6) is 5.88 Å². The highest BCUT2D eigenvalue weighted by Crippen LogP contribution is 2.22. The molecule has 0 unspecified atom stereocenters. The van der Waals surface area contributed by atoms with Crippen LogP contribution in [-0.2, 0) is 16.1 Å². The molecule has 0 bridgehead atoms. The van der Waals surface area contributed by atoms with E-state index in [-0.39, 0.29) is 37.0 Å². The molecule has 11 nitrogen and oxygen atoms in total. The van der Waals surface area contributed by atoms with Gasteiger partial charge in [-0.15, -0.1) is 0 Å². The number of hydrogen-bond acceptors (Lipinski definition) is 9. The topological polar surface area (TPSA) is 140 Å². The van der Waals surface area contributed by atoms with E-state index >= 15 is 0 Å². The number of methoxy groups -OCH3 is 1. The zero-order valence-corrected chi connectivity index (χ0v) is 18.7. The number of ether oxygens (including phenoxy) is 2. The molecule has 176 valence electrons. The van der Waals surface area contributed by atoms with Gasteiger partial charge in [0.05, 0.1) is 44.3 Å². The Kier molecular flexibility index (Phi) is 8.67. The van der Waals surface area contributed by atoms with Gasteiger partial charge in [0.25, 0.3) is 5.56 Å². The minimum absolute atomic E-state index is 0.0396. The Bertz CT molecular complexity index is 1130. The molecule has 0 radical (unpaired) electrons. The fourth-order valence-corrected chi connectivity index (χ4v) is 3.12. The number of anilines is 1. The molecule has 0 saturated carbocycles. The van der Waals surface area contributed by atoms with Gasteiger partial charge in [-0.05, 0) is 18.6 Å². The van der Waals surface area contributed by atoms with Gasteiger partial charge in [-0.1, -0.05) is 6.92 Å². The summed E-state index contributed by atoms with van der Waals surface area (Å²) in [5, 5.41) is 14.1. The molecular weight excluding hydrogens is 428 g/mol. The van der Waals surface area contributed by atoms with Crippen molar-refractivity contribution in [3.05, 3.63) is 40.9 Å². The quantitative estimate of drug-likeness (QED) is 0.338. The highest BCUT2D eigenvalue weighted by molar-refractivity contribution is 5.82. The minimum atomic E-state index is -0.373. The van der Waals surface area contributed by atoms with Crippen LogP contribution >= 0.6 is 0 Å². The number of hydrogen-bond donors (Lipinski definition) is 3. The number of pyridine rings is 2. The van der Waals surface area contributed by atoms with Crippen molar-refractivity contribution in [1.82, 2.24) is 24.8 Å². The Labute approximate surface area is 190 Å². The number of amides is 1. The molecule has 0 aliphatic carbocycles. The van der Waals surface area contributed by atoms with Crippen LogP contribution in [0.2, 0.25) is 0 Å². The molecule has 0 aliphatic heterocycles. The fraction of sp³-hybridized carbons (Fsp3) is 0.409. The van der Waals surface area contributed by atoms with E-state index in [1.54, 1.807) is 36.2 Å². The molecule has 0 saturated heterocycles. The summed E-state index contributed by atoms with van der Waals surface area (Å²) in [7, 11) is 1.54. The molecule has 3 rings (SSSR count). The summed E-state index contributed by atoms with van der Waals surface area (Å²) >= 11 is 0. The lowest BCUT2D eigenvalue weighted by Crippen LogP contribution is -2.34. The maximum absolute atomic E-state index is 13.2. The third-order valence-corrected chi connectivity index (χ3v) is 4.73. The normalized spacial score (nSPS) is 10.9. The third-order valence-electron chi connectivity index (χ3n) is 4.73. The standard InChI is InChI=1S/C22H28N6O5/c1-3-9-33-10-7-28-18-11-16(15-4-5-20(32-2)25-12-15)24-13-17(18)27-21(22(28)31)26-14-19(30)23-6-8-29/h4-5,11-13,29H,3,6-10,14H2,1-2H3,(H,23,30)(H,26,27). The minimum Gasteiger partial charge on any atom is -0.481 e. The first-order valence-corrected chi connectivity index (χ1v) is 10.7. The molecular formula is C22H28N6O5. The van der Waals surface area contributed by atoms with Gasteiger partial charge in [0.2, 0.25) is 11.8 Å². The zero-order chi connectivity index (χ0) is 23.6. The molecule has 3 aromatic heterocycles. The SMILES string of the molecule is CCCOCCn1c(=O)c(NCC(=O)NCCO)nc2cnc(-c3ccc(OC)nc3)cc21. The highest BCUT2D eigenvalue weighted by Gasteiger charge is 2.14. The average molecular weight is 457 g/mol. The summed E-state index contributed by atoms with van der Waals surface area (Å²) in [6.07, 6.45) is 4.10.